The molecule has 0 aromatic rings. The summed E-state index contributed by atoms with van der Waals surface area (Å²) in [6.07, 6.45) is 2.40. The second-order valence-corrected chi connectivity index (χ2v) is 3.20. The predicted octanol–water partition coefficient (Wildman–Crippen LogP) is 1.30. The van der Waals surface area contributed by atoms with E-state index in [0.29, 0.717) is 0 Å². The summed E-state index contributed by atoms with van der Waals surface area (Å²) in [5.41, 5.74) is 0. The minimum absolute atomic E-state index is 0.125. The van der Waals surface area contributed by atoms with Crippen LogP contribution in [0.15, 0.2) is 12.2 Å². The van der Waals surface area contributed by atoms with Crippen molar-refractivity contribution >= 4 is 11.9 Å². The molecule has 0 aromatic carbocycles. The molecular weight excluding hydrogens is 184 g/mol. The molecule has 0 saturated heterocycles. The molecule has 14 heavy (non-hydrogen) atoms. The summed E-state index contributed by atoms with van der Waals surface area (Å²) in [6.45, 7) is 5.13. The summed E-state index contributed by atoms with van der Waals surface area (Å²) in [6, 6.07) is 0. The number of rotatable bonds is 4. The first-order chi connectivity index (χ1) is 6.47. The molecule has 0 rings (SSSR count). The van der Waals surface area contributed by atoms with Crippen LogP contribution in [0.1, 0.15) is 20.8 Å². The third-order valence-corrected chi connectivity index (χ3v) is 1.58. The van der Waals surface area contributed by atoms with Crippen molar-refractivity contribution in [2.24, 2.45) is 5.92 Å². The first-order valence-corrected chi connectivity index (χ1v) is 4.40. The highest BCUT2D eigenvalue weighted by molar-refractivity contribution is 5.81. The van der Waals surface area contributed by atoms with Crippen molar-refractivity contribution in [1.29, 1.82) is 0 Å². The van der Waals surface area contributed by atoms with Crippen LogP contribution in [-0.4, -0.2) is 25.2 Å². The molecule has 4 heteroatoms. The lowest BCUT2D eigenvalue weighted by atomic mass is 10.1. The molecule has 0 N–H and O–H groups in total. The maximum Gasteiger partial charge on any atom is 0.330 e. The Labute approximate surface area is 83.9 Å². The van der Waals surface area contributed by atoms with Gasteiger partial charge < -0.3 is 9.47 Å². The van der Waals surface area contributed by atoms with Crippen LogP contribution in [0.3, 0.4) is 0 Å². The van der Waals surface area contributed by atoms with E-state index in [1.807, 2.05) is 13.8 Å². The average Bonchev–Trinajstić information content (AvgIpc) is 2.10. The van der Waals surface area contributed by atoms with E-state index in [0.717, 1.165) is 0 Å². The fraction of sp³-hybridized carbons (Fsp3) is 0.600. The van der Waals surface area contributed by atoms with Gasteiger partial charge in [0.2, 0.25) is 0 Å². The summed E-state index contributed by atoms with van der Waals surface area (Å²) in [4.78, 5) is 21.5. The summed E-state index contributed by atoms with van der Waals surface area (Å²) >= 11 is 0. The Balaban J connectivity index is 4.29. The minimum Gasteiger partial charge on any atom is -0.466 e. The quantitative estimate of drug-likeness (QED) is 0.507. The van der Waals surface area contributed by atoms with Gasteiger partial charge in [0, 0.05) is 13.0 Å². The fourth-order valence-corrected chi connectivity index (χ4v) is 0.831. The number of esters is 2. The minimum atomic E-state index is -0.456. The number of hydrogen-bond donors (Lipinski definition) is 0. The van der Waals surface area contributed by atoms with Crippen molar-refractivity contribution in [1.82, 2.24) is 0 Å². The average molecular weight is 200 g/mol. The van der Waals surface area contributed by atoms with Gasteiger partial charge in [0.25, 0.3) is 0 Å². The van der Waals surface area contributed by atoms with Crippen LogP contribution in [0.25, 0.3) is 0 Å². The van der Waals surface area contributed by atoms with Crippen molar-refractivity contribution in [3.8, 4) is 0 Å². The zero-order valence-electron chi connectivity index (χ0n) is 8.94. The monoisotopic (exact) mass is 200 g/mol. The number of carbonyl (C=O) groups is 2. The predicted molar refractivity (Wildman–Crippen MR) is 51.5 cm³/mol. The van der Waals surface area contributed by atoms with E-state index in [2.05, 4.69) is 4.74 Å². The lowest BCUT2D eigenvalue weighted by Crippen LogP contribution is -2.20. The number of hydrogen-bond acceptors (Lipinski definition) is 4. The Bertz CT molecular complexity index is 230. The highest BCUT2D eigenvalue weighted by atomic mass is 16.5. The summed E-state index contributed by atoms with van der Waals surface area (Å²) in [7, 11) is 1.29. The van der Waals surface area contributed by atoms with E-state index in [1.165, 1.54) is 26.2 Å². The van der Waals surface area contributed by atoms with Gasteiger partial charge in [-0.15, -0.1) is 0 Å². The molecule has 0 saturated carbocycles. The third kappa shape index (κ3) is 5.35. The zero-order valence-corrected chi connectivity index (χ0v) is 8.94. The largest absolute Gasteiger partial charge is 0.466 e. The molecule has 4 nitrogen and oxygen atoms in total. The molecular formula is C10H16O4. The first kappa shape index (κ1) is 12.7. The Morgan fingerprint density at radius 3 is 2.21 bits per heavy atom. The van der Waals surface area contributed by atoms with Crippen molar-refractivity contribution in [3.05, 3.63) is 12.2 Å². The lowest BCUT2D eigenvalue weighted by molar-refractivity contribution is -0.146. The van der Waals surface area contributed by atoms with Crippen LogP contribution in [0, 0.1) is 5.92 Å². The molecule has 0 heterocycles. The summed E-state index contributed by atoms with van der Waals surface area (Å²) in [5, 5.41) is 0. The molecule has 0 aliphatic rings. The van der Waals surface area contributed by atoms with Gasteiger partial charge in [0.1, 0.15) is 6.10 Å². The van der Waals surface area contributed by atoms with E-state index in [4.69, 9.17) is 4.74 Å². The van der Waals surface area contributed by atoms with Crippen LogP contribution >= 0.6 is 0 Å². The molecule has 0 amide bonds. The molecule has 0 aromatic heterocycles. The van der Waals surface area contributed by atoms with E-state index in [1.54, 1.807) is 0 Å². The third-order valence-electron chi connectivity index (χ3n) is 1.58. The first-order valence-electron chi connectivity index (χ1n) is 4.40. The van der Waals surface area contributed by atoms with Gasteiger partial charge in [-0.1, -0.05) is 13.8 Å². The van der Waals surface area contributed by atoms with Gasteiger partial charge >= 0.3 is 11.9 Å². The fourth-order valence-electron chi connectivity index (χ4n) is 0.831. The van der Waals surface area contributed by atoms with Crippen molar-refractivity contribution in [3.63, 3.8) is 0 Å². The van der Waals surface area contributed by atoms with Crippen molar-refractivity contribution in [2.75, 3.05) is 7.11 Å². The molecule has 0 radical (unpaired) electrons. The molecule has 80 valence electrons. The second kappa shape index (κ2) is 6.18. The Morgan fingerprint density at radius 2 is 1.86 bits per heavy atom. The molecule has 1 atom stereocenters. The number of carbonyl (C=O) groups excluding carboxylic acids is 2. The van der Waals surface area contributed by atoms with Crippen LogP contribution in [0.2, 0.25) is 0 Å². The van der Waals surface area contributed by atoms with E-state index < -0.39 is 5.97 Å². The topological polar surface area (TPSA) is 52.6 Å². The molecule has 0 aliphatic carbocycles. The van der Waals surface area contributed by atoms with Gasteiger partial charge in [-0.3, -0.25) is 4.79 Å². The van der Waals surface area contributed by atoms with E-state index >= 15 is 0 Å². The zero-order chi connectivity index (χ0) is 11.1. The standard InChI is InChI=1S/C10H16O4/c1-7(2)9(14-8(3)11)5-6-10(12)13-4/h5-7,9H,1-4H3/b6-5+/t9-/m0/s1. The summed E-state index contributed by atoms with van der Waals surface area (Å²) in [5.74, 6) is -0.694. The van der Waals surface area contributed by atoms with Gasteiger partial charge in [0.05, 0.1) is 7.11 Å². The number of methoxy groups -OCH3 is 1. The summed E-state index contributed by atoms with van der Waals surface area (Å²) < 4.78 is 9.39. The highest BCUT2D eigenvalue weighted by Gasteiger charge is 2.13. The maximum absolute atomic E-state index is 10.8. The molecule has 0 spiro atoms. The molecule has 0 unspecified atom stereocenters. The van der Waals surface area contributed by atoms with Crippen molar-refractivity contribution in [2.45, 2.75) is 26.9 Å². The molecule has 0 aliphatic heterocycles. The SMILES string of the molecule is COC(=O)/C=C/[C@H](OC(C)=O)C(C)C. The smallest absolute Gasteiger partial charge is 0.330 e. The Hall–Kier alpha value is -1.32. The van der Waals surface area contributed by atoms with Crippen LogP contribution in [-0.2, 0) is 19.1 Å². The second-order valence-electron chi connectivity index (χ2n) is 3.20. The Kier molecular flexibility index (Phi) is 5.60. The van der Waals surface area contributed by atoms with Crippen LogP contribution < -0.4 is 0 Å². The molecule has 0 bridgehead atoms. The lowest BCUT2D eigenvalue weighted by Gasteiger charge is -2.16. The number of ether oxygens (including phenoxy) is 2. The van der Waals surface area contributed by atoms with Crippen molar-refractivity contribution < 1.29 is 19.1 Å². The normalized spacial score (nSPS) is 12.9. The van der Waals surface area contributed by atoms with Crippen LogP contribution in [0.5, 0.6) is 0 Å². The van der Waals surface area contributed by atoms with Gasteiger partial charge in [-0.25, -0.2) is 4.79 Å². The van der Waals surface area contributed by atoms with E-state index in [-0.39, 0.29) is 18.0 Å². The Morgan fingerprint density at radius 1 is 1.29 bits per heavy atom. The van der Waals surface area contributed by atoms with Gasteiger partial charge in [-0.05, 0) is 12.0 Å². The highest BCUT2D eigenvalue weighted by Crippen LogP contribution is 2.08. The molecule has 0 fully saturated rings. The van der Waals surface area contributed by atoms with Gasteiger partial charge in [0.15, 0.2) is 0 Å². The van der Waals surface area contributed by atoms with Gasteiger partial charge in [-0.2, -0.15) is 0 Å². The maximum atomic E-state index is 10.8. The van der Waals surface area contributed by atoms with Crippen LogP contribution in [0.4, 0.5) is 0 Å². The van der Waals surface area contributed by atoms with E-state index in [9.17, 15) is 9.59 Å².